The molecule has 1 aromatic heterocycles. The van der Waals surface area contributed by atoms with Crippen LogP contribution in [0.5, 0.6) is 0 Å². The van der Waals surface area contributed by atoms with Crippen molar-refractivity contribution in [1.82, 2.24) is 10.4 Å². The van der Waals surface area contributed by atoms with E-state index in [1.165, 1.54) is 6.20 Å². The molecule has 0 bridgehead atoms. The van der Waals surface area contributed by atoms with E-state index in [-0.39, 0.29) is 12.0 Å². The summed E-state index contributed by atoms with van der Waals surface area (Å²) >= 11 is 0. The number of hydrogen-bond donors (Lipinski definition) is 2. The first kappa shape index (κ1) is 13.6. The van der Waals surface area contributed by atoms with Crippen LogP contribution in [0.25, 0.3) is 0 Å². The Hall–Kier alpha value is -1.50. The summed E-state index contributed by atoms with van der Waals surface area (Å²) in [7, 11) is 1.62. The third-order valence-electron chi connectivity index (χ3n) is 2.14. The number of pyridine rings is 1. The van der Waals surface area contributed by atoms with E-state index in [1.54, 1.807) is 19.2 Å². The molecule has 0 spiro atoms. The average molecular weight is 239 g/mol. The van der Waals surface area contributed by atoms with Crippen LogP contribution in [0.2, 0.25) is 0 Å². The molecule has 0 aliphatic heterocycles. The maximum absolute atomic E-state index is 11.2. The summed E-state index contributed by atoms with van der Waals surface area (Å²) in [5, 5.41) is 0. The molecule has 1 unspecified atom stereocenters. The highest BCUT2D eigenvalue weighted by atomic mass is 16.5. The highest BCUT2D eigenvalue weighted by Crippen LogP contribution is 2.03. The number of carbonyl (C=O) groups excluding carboxylic acids is 1. The van der Waals surface area contributed by atoms with Crippen LogP contribution in [0.3, 0.4) is 0 Å². The van der Waals surface area contributed by atoms with Crippen molar-refractivity contribution >= 4 is 5.91 Å². The Labute approximate surface area is 100 Å². The Bertz CT molecular complexity index is 353. The number of rotatable bonds is 6. The molecular weight excluding hydrogens is 222 g/mol. The smallest absolute Gasteiger partial charge is 0.266 e. The van der Waals surface area contributed by atoms with Crippen molar-refractivity contribution in [3.8, 4) is 0 Å². The number of nitrogens with two attached hydrogens (primary N) is 1. The lowest BCUT2D eigenvalue weighted by Crippen LogP contribution is -2.30. The highest BCUT2D eigenvalue weighted by molar-refractivity contribution is 5.93. The molecule has 0 aliphatic rings. The van der Waals surface area contributed by atoms with Gasteiger partial charge in [-0.3, -0.25) is 15.2 Å². The predicted octanol–water partition coefficient (Wildman–Crippen LogP) is 0.237. The lowest BCUT2D eigenvalue weighted by Gasteiger charge is -2.11. The fourth-order valence-electron chi connectivity index (χ4n) is 1.24. The molecule has 6 nitrogen and oxygen atoms in total. The normalized spacial score (nSPS) is 12.2. The lowest BCUT2D eigenvalue weighted by atomic mass is 10.2. The number of methoxy groups -OCH3 is 1. The second-order valence-electron chi connectivity index (χ2n) is 3.59. The summed E-state index contributed by atoms with van der Waals surface area (Å²) in [5.41, 5.74) is 3.21. The molecule has 1 amide bonds. The van der Waals surface area contributed by atoms with Gasteiger partial charge in [0.05, 0.1) is 30.6 Å². The SMILES string of the molecule is COCC(C)OCc1ccc(C(=O)NN)cn1. The molecule has 17 heavy (non-hydrogen) atoms. The van der Waals surface area contributed by atoms with E-state index in [0.717, 1.165) is 5.69 Å². The molecule has 94 valence electrons. The average Bonchev–Trinajstić information content (AvgIpc) is 2.36. The van der Waals surface area contributed by atoms with Gasteiger partial charge in [0.1, 0.15) is 0 Å². The summed E-state index contributed by atoms with van der Waals surface area (Å²) in [6.07, 6.45) is 1.47. The number of amides is 1. The molecule has 0 aliphatic carbocycles. The number of hydrazine groups is 1. The number of aromatic nitrogens is 1. The predicted molar refractivity (Wildman–Crippen MR) is 62.0 cm³/mol. The van der Waals surface area contributed by atoms with E-state index in [2.05, 4.69) is 4.98 Å². The number of carbonyl (C=O) groups is 1. The van der Waals surface area contributed by atoms with Crippen molar-refractivity contribution in [2.45, 2.75) is 19.6 Å². The first-order valence-corrected chi connectivity index (χ1v) is 5.23. The van der Waals surface area contributed by atoms with Crippen LogP contribution < -0.4 is 11.3 Å². The van der Waals surface area contributed by atoms with Gasteiger partial charge >= 0.3 is 0 Å². The standard InChI is InChI=1S/C11H17N3O3/c1-8(6-16-2)17-7-10-4-3-9(5-13-10)11(15)14-12/h3-5,8H,6-7,12H2,1-2H3,(H,14,15). The second-order valence-corrected chi connectivity index (χ2v) is 3.59. The molecule has 0 fully saturated rings. The molecule has 1 heterocycles. The number of hydrogen-bond acceptors (Lipinski definition) is 5. The first-order chi connectivity index (χ1) is 8.17. The lowest BCUT2D eigenvalue weighted by molar-refractivity contribution is -0.00137. The van der Waals surface area contributed by atoms with Crippen molar-refractivity contribution in [1.29, 1.82) is 0 Å². The fraction of sp³-hybridized carbons (Fsp3) is 0.455. The largest absolute Gasteiger partial charge is 0.382 e. The summed E-state index contributed by atoms with van der Waals surface area (Å²) in [6, 6.07) is 3.37. The summed E-state index contributed by atoms with van der Waals surface area (Å²) in [4.78, 5) is 15.2. The van der Waals surface area contributed by atoms with E-state index in [4.69, 9.17) is 15.3 Å². The van der Waals surface area contributed by atoms with Crippen LogP contribution in [-0.4, -0.2) is 30.7 Å². The molecule has 0 radical (unpaired) electrons. The van der Waals surface area contributed by atoms with Crippen molar-refractivity contribution in [3.63, 3.8) is 0 Å². The van der Waals surface area contributed by atoms with E-state index in [1.807, 2.05) is 12.3 Å². The van der Waals surface area contributed by atoms with E-state index < -0.39 is 0 Å². The molecule has 3 N–H and O–H groups in total. The van der Waals surface area contributed by atoms with E-state index >= 15 is 0 Å². The Morgan fingerprint density at radius 2 is 2.35 bits per heavy atom. The number of nitrogens with zero attached hydrogens (tertiary/aromatic N) is 1. The minimum absolute atomic E-state index is 0.00816. The quantitative estimate of drug-likeness (QED) is 0.422. The van der Waals surface area contributed by atoms with Gasteiger partial charge in [0.2, 0.25) is 0 Å². The van der Waals surface area contributed by atoms with Crippen LogP contribution in [0.1, 0.15) is 23.0 Å². The van der Waals surface area contributed by atoms with Crippen LogP contribution >= 0.6 is 0 Å². The summed E-state index contributed by atoms with van der Waals surface area (Å²) in [6.45, 7) is 2.84. The van der Waals surface area contributed by atoms with Gasteiger partial charge in [-0.05, 0) is 19.1 Å². The zero-order valence-electron chi connectivity index (χ0n) is 9.97. The maximum atomic E-state index is 11.2. The van der Waals surface area contributed by atoms with Crippen LogP contribution in [0.15, 0.2) is 18.3 Å². The highest BCUT2D eigenvalue weighted by Gasteiger charge is 2.05. The summed E-state index contributed by atoms with van der Waals surface area (Å²) < 4.78 is 10.4. The third kappa shape index (κ3) is 4.48. The second kappa shape index (κ2) is 6.95. The van der Waals surface area contributed by atoms with Gasteiger partial charge in [-0.25, -0.2) is 5.84 Å². The molecule has 0 saturated heterocycles. The zero-order valence-corrected chi connectivity index (χ0v) is 9.97. The molecule has 1 atom stereocenters. The molecule has 0 saturated carbocycles. The molecule has 1 aromatic rings. The Balaban J connectivity index is 2.48. The van der Waals surface area contributed by atoms with E-state index in [0.29, 0.717) is 18.8 Å². The number of nitrogen functional groups attached to an aromatic ring is 1. The van der Waals surface area contributed by atoms with Gasteiger partial charge in [0.25, 0.3) is 5.91 Å². The maximum Gasteiger partial charge on any atom is 0.266 e. The van der Waals surface area contributed by atoms with Crippen molar-refractivity contribution < 1.29 is 14.3 Å². The van der Waals surface area contributed by atoms with Crippen LogP contribution in [0.4, 0.5) is 0 Å². The van der Waals surface area contributed by atoms with Gasteiger partial charge in [0, 0.05) is 13.3 Å². The van der Waals surface area contributed by atoms with Crippen LogP contribution in [0, 0.1) is 0 Å². The topological polar surface area (TPSA) is 86.5 Å². The van der Waals surface area contributed by atoms with Crippen LogP contribution in [-0.2, 0) is 16.1 Å². The monoisotopic (exact) mass is 239 g/mol. The van der Waals surface area contributed by atoms with Gasteiger partial charge in [-0.2, -0.15) is 0 Å². The Kier molecular flexibility index (Phi) is 5.55. The number of ether oxygens (including phenoxy) is 2. The minimum atomic E-state index is -0.363. The minimum Gasteiger partial charge on any atom is -0.382 e. The van der Waals surface area contributed by atoms with Gasteiger partial charge in [0.15, 0.2) is 0 Å². The third-order valence-corrected chi connectivity index (χ3v) is 2.14. The number of nitrogens with one attached hydrogen (secondary N) is 1. The molecule has 6 heteroatoms. The molecule has 0 aromatic carbocycles. The van der Waals surface area contributed by atoms with Crippen molar-refractivity contribution in [3.05, 3.63) is 29.6 Å². The Morgan fingerprint density at radius 3 is 2.88 bits per heavy atom. The van der Waals surface area contributed by atoms with Gasteiger partial charge < -0.3 is 9.47 Å². The zero-order chi connectivity index (χ0) is 12.7. The van der Waals surface area contributed by atoms with Gasteiger partial charge in [-0.15, -0.1) is 0 Å². The fourth-order valence-corrected chi connectivity index (χ4v) is 1.24. The van der Waals surface area contributed by atoms with E-state index in [9.17, 15) is 4.79 Å². The molecular formula is C11H17N3O3. The van der Waals surface area contributed by atoms with Crippen molar-refractivity contribution in [2.24, 2.45) is 5.84 Å². The van der Waals surface area contributed by atoms with Crippen molar-refractivity contribution in [2.75, 3.05) is 13.7 Å². The summed E-state index contributed by atoms with van der Waals surface area (Å²) in [5.74, 6) is 4.64. The van der Waals surface area contributed by atoms with Gasteiger partial charge in [-0.1, -0.05) is 0 Å². The molecule has 1 rings (SSSR count). The first-order valence-electron chi connectivity index (χ1n) is 5.23. The Morgan fingerprint density at radius 1 is 1.59 bits per heavy atom.